The van der Waals surface area contributed by atoms with E-state index in [1.165, 1.54) is 30.2 Å². The molecule has 2 aromatic rings. The first-order valence-electron chi connectivity index (χ1n) is 9.85. The molecule has 1 aliphatic rings. The van der Waals surface area contributed by atoms with E-state index in [1.807, 2.05) is 0 Å². The van der Waals surface area contributed by atoms with E-state index in [9.17, 15) is 19.1 Å². The summed E-state index contributed by atoms with van der Waals surface area (Å²) >= 11 is 0. The molecule has 6 nitrogen and oxygen atoms in total. The second-order valence-electron chi connectivity index (χ2n) is 6.98. The van der Waals surface area contributed by atoms with Crippen LogP contribution in [0.5, 0.6) is 5.75 Å². The highest BCUT2D eigenvalue weighted by Gasteiger charge is 2.46. The monoisotopic (exact) mass is 425 g/mol. The fraction of sp³-hybridized carbons (Fsp3) is 0.250. The number of aliphatic hydroxyl groups is 1. The van der Waals surface area contributed by atoms with Crippen LogP contribution in [0.4, 0.5) is 4.39 Å². The number of methoxy groups -OCH3 is 1. The Morgan fingerprint density at radius 2 is 1.90 bits per heavy atom. The molecule has 0 aromatic heterocycles. The molecule has 0 spiro atoms. The molecule has 1 amide bonds. The van der Waals surface area contributed by atoms with Crippen molar-refractivity contribution in [2.24, 2.45) is 0 Å². The van der Waals surface area contributed by atoms with Crippen molar-refractivity contribution in [3.63, 3.8) is 0 Å². The maximum atomic E-state index is 14.7. The fourth-order valence-electron chi connectivity index (χ4n) is 3.53. The average molecular weight is 425 g/mol. The zero-order valence-electron chi connectivity index (χ0n) is 17.2. The average Bonchev–Trinajstić information content (AvgIpc) is 3.03. The zero-order chi connectivity index (χ0) is 22.4. The van der Waals surface area contributed by atoms with E-state index in [-0.39, 0.29) is 23.4 Å². The van der Waals surface area contributed by atoms with Gasteiger partial charge in [-0.05, 0) is 36.8 Å². The van der Waals surface area contributed by atoms with Gasteiger partial charge in [-0.1, -0.05) is 30.9 Å². The molecule has 2 aromatic carbocycles. The summed E-state index contributed by atoms with van der Waals surface area (Å²) in [5.74, 6) is -2.00. The highest BCUT2D eigenvalue weighted by molar-refractivity contribution is 6.46. The quantitative estimate of drug-likeness (QED) is 0.217. The van der Waals surface area contributed by atoms with Crippen LogP contribution in [0, 0.1) is 5.82 Å². The first-order chi connectivity index (χ1) is 15.0. The lowest BCUT2D eigenvalue weighted by atomic mass is 9.95. The fourth-order valence-corrected chi connectivity index (χ4v) is 3.53. The molecular weight excluding hydrogens is 401 g/mol. The standard InChI is InChI=1S/C24H24FNO5/c1-3-14-31-17-11-9-16(10-12-17)22(27)20-21(18-7-4-5-8-19(18)25)26(13-6-15-30-2)24(29)23(20)28/h3-5,7-12,21,27H,1,6,13-15H2,2H3/t21-/m0/s1. The molecular formula is C24H24FNO5. The normalized spacial score (nSPS) is 17.7. The van der Waals surface area contributed by atoms with Gasteiger partial charge in [0.2, 0.25) is 0 Å². The van der Waals surface area contributed by atoms with Crippen LogP contribution in [-0.4, -0.2) is 48.6 Å². The maximum Gasteiger partial charge on any atom is 0.295 e. The van der Waals surface area contributed by atoms with Crippen LogP contribution in [0.25, 0.3) is 5.76 Å². The van der Waals surface area contributed by atoms with E-state index in [0.717, 1.165) is 0 Å². The van der Waals surface area contributed by atoms with Crippen LogP contribution in [0.2, 0.25) is 0 Å². The van der Waals surface area contributed by atoms with Crippen LogP contribution in [0.3, 0.4) is 0 Å². The number of ketones is 1. The lowest BCUT2D eigenvalue weighted by Gasteiger charge is -2.25. The second-order valence-corrected chi connectivity index (χ2v) is 6.98. The lowest BCUT2D eigenvalue weighted by molar-refractivity contribution is -0.140. The first kappa shape index (κ1) is 22.2. The predicted octanol–water partition coefficient (Wildman–Crippen LogP) is 3.85. The molecule has 0 saturated carbocycles. The molecule has 1 aliphatic heterocycles. The zero-order valence-corrected chi connectivity index (χ0v) is 17.2. The Hall–Kier alpha value is -3.45. The van der Waals surface area contributed by atoms with Gasteiger partial charge in [0.1, 0.15) is 23.9 Å². The van der Waals surface area contributed by atoms with Crippen molar-refractivity contribution in [1.29, 1.82) is 0 Å². The summed E-state index contributed by atoms with van der Waals surface area (Å²) < 4.78 is 25.1. The summed E-state index contributed by atoms with van der Waals surface area (Å²) in [6.45, 7) is 4.46. The number of hydrogen-bond acceptors (Lipinski definition) is 5. The van der Waals surface area contributed by atoms with E-state index < -0.39 is 23.5 Å². The third-order valence-electron chi connectivity index (χ3n) is 4.98. The highest BCUT2D eigenvalue weighted by Crippen LogP contribution is 2.40. The van der Waals surface area contributed by atoms with Crippen molar-refractivity contribution < 1.29 is 28.6 Å². The number of halogens is 1. The van der Waals surface area contributed by atoms with Gasteiger partial charge in [-0.2, -0.15) is 0 Å². The van der Waals surface area contributed by atoms with Gasteiger partial charge in [-0.3, -0.25) is 9.59 Å². The number of amides is 1. The minimum absolute atomic E-state index is 0.145. The minimum Gasteiger partial charge on any atom is -0.507 e. The van der Waals surface area contributed by atoms with Crippen LogP contribution >= 0.6 is 0 Å². The number of Topliss-reactive ketones (excluding diaryl/α,β-unsaturated/α-hetero) is 1. The van der Waals surface area contributed by atoms with Gasteiger partial charge in [-0.25, -0.2) is 4.39 Å². The molecule has 1 heterocycles. The molecule has 1 atom stereocenters. The molecule has 0 unspecified atom stereocenters. The van der Waals surface area contributed by atoms with Gasteiger partial charge in [0.05, 0.1) is 11.6 Å². The van der Waals surface area contributed by atoms with E-state index in [1.54, 1.807) is 36.4 Å². The molecule has 31 heavy (non-hydrogen) atoms. The summed E-state index contributed by atoms with van der Waals surface area (Å²) in [6.07, 6.45) is 2.07. The molecule has 1 fully saturated rings. The van der Waals surface area contributed by atoms with Crippen LogP contribution < -0.4 is 4.74 Å². The number of carbonyl (C=O) groups excluding carboxylic acids is 2. The minimum atomic E-state index is -1.03. The Morgan fingerprint density at radius 1 is 1.19 bits per heavy atom. The van der Waals surface area contributed by atoms with Gasteiger partial charge in [0.15, 0.2) is 0 Å². The number of likely N-dealkylation sites (tertiary alicyclic amines) is 1. The Balaban J connectivity index is 2.06. The van der Waals surface area contributed by atoms with Crippen LogP contribution in [-0.2, 0) is 14.3 Å². The molecule has 7 heteroatoms. The number of aliphatic hydroxyl groups excluding tert-OH is 1. The van der Waals surface area contributed by atoms with Crippen molar-refractivity contribution in [2.75, 3.05) is 26.9 Å². The number of carbonyl (C=O) groups is 2. The van der Waals surface area contributed by atoms with Gasteiger partial charge < -0.3 is 19.5 Å². The largest absolute Gasteiger partial charge is 0.507 e. The van der Waals surface area contributed by atoms with Crippen molar-refractivity contribution >= 4 is 17.4 Å². The van der Waals surface area contributed by atoms with Gasteiger partial charge in [-0.15, -0.1) is 0 Å². The summed E-state index contributed by atoms with van der Waals surface area (Å²) in [5, 5.41) is 11.0. The Kier molecular flexibility index (Phi) is 7.20. The lowest BCUT2D eigenvalue weighted by Crippen LogP contribution is -2.31. The number of hydrogen-bond donors (Lipinski definition) is 1. The van der Waals surface area contributed by atoms with E-state index in [2.05, 4.69) is 6.58 Å². The maximum absolute atomic E-state index is 14.7. The molecule has 162 valence electrons. The van der Waals surface area contributed by atoms with Crippen LogP contribution in [0.1, 0.15) is 23.6 Å². The van der Waals surface area contributed by atoms with Gasteiger partial charge >= 0.3 is 0 Å². The summed E-state index contributed by atoms with van der Waals surface area (Å²) in [7, 11) is 1.53. The Morgan fingerprint density at radius 3 is 2.55 bits per heavy atom. The summed E-state index contributed by atoms with van der Waals surface area (Å²) in [6, 6.07) is 11.3. The molecule has 1 N–H and O–H groups in total. The SMILES string of the molecule is C=CCOc1ccc(C(O)=C2C(=O)C(=O)N(CCCOC)[C@H]2c2ccccc2F)cc1. The number of benzene rings is 2. The molecule has 0 bridgehead atoms. The summed E-state index contributed by atoms with van der Waals surface area (Å²) in [5.41, 5.74) is 0.320. The topological polar surface area (TPSA) is 76.1 Å². The first-order valence-corrected chi connectivity index (χ1v) is 9.85. The highest BCUT2D eigenvalue weighted by atomic mass is 19.1. The van der Waals surface area contributed by atoms with E-state index in [4.69, 9.17) is 9.47 Å². The third kappa shape index (κ3) is 4.67. The molecule has 0 aliphatic carbocycles. The molecule has 1 saturated heterocycles. The third-order valence-corrected chi connectivity index (χ3v) is 4.98. The van der Waals surface area contributed by atoms with E-state index in [0.29, 0.717) is 30.9 Å². The predicted molar refractivity (Wildman–Crippen MR) is 114 cm³/mol. The van der Waals surface area contributed by atoms with Crippen molar-refractivity contribution in [1.82, 2.24) is 4.90 Å². The van der Waals surface area contributed by atoms with Crippen molar-refractivity contribution in [3.05, 3.63) is 83.7 Å². The van der Waals surface area contributed by atoms with Crippen molar-refractivity contribution in [2.45, 2.75) is 12.5 Å². The smallest absolute Gasteiger partial charge is 0.295 e. The van der Waals surface area contributed by atoms with Crippen molar-refractivity contribution in [3.8, 4) is 5.75 Å². The number of rotatable bonds is 9. The van der Waals surface area contributed by atoms with Gasteiger partial charge in [0, 0.05) is 31.4 Å². The Bertz CT molecular complexity index is 999. The Labute approximate surface area is 180 Å². The second kappa shape index (κ2) is 10.0. The molecule has 0 radical (unpaired) electrons. The number of nitrogens with zero attached hydrogens (tertiary/aromatic N) is 1. The van der Waals surface area contributed by atoms with Crippen LogP contribution in [0.15, 0.2) is 66.8 Å². The number of ether oxygens (including phenoxy) is 2. The van der Waals surface area contributed by atoms with E-state index >= 15 is 0 Å². The summed E-state index contributed by atoms with van der Waals surface area (Å²) in [4.78, 5) is 26.9. The molecule has 3 rings (SSSR count). The van der Waals surface area contributed by atoms with Gasteiger partial charge in [0.25, 0.3) is 11.7 Å².